The number of benzene rings is 1. The van der Waals surface area contributed by atoms with E-state index in [1.807, 2.05) is 11.9 Å². The van der Waals surface area contributed by atoms with Crippen LogP contribution in [-0.2, 0) is 0 Å². The topological polar surface area (TPSA) is 12.5 Å². The second-order valence-electron chi connectivity index (χ2n) is 4.54. The number of rotatable bonds is 5. The average Bonchev–Trinajstić information content (AvgIpc) is 2.84. The third-order valence-electron chi connectivity index (χ3n) is 3.04. The van der Waals surface area contributed by atoms with Crippen LogP contribution in [0.3, 0.4) is 0 Å². The fourth-order valence-electron chi connectivity index (χ4n) is 1.82. The molecule has 0 amide bonds. The molecule has 1 aliphatic heterocycles. The first-order chi connectivity index (χ1) is 8.28. The predicted octanol–water partition coefficient (Wildman–Crippen LogP) is 3.97. The van der Waals surface area contributed by atoms with Crippen molar-refractivity contribution in [2.45, 2.75) is 44.1 Å². The van der Waals surface area contributed by atoms with Gasteiger partial charge in [-0.05, 0) is 62.4 Å². The summed E-state index contributed by atoms with van der Waals surface area (Å²) in [4.78, 5) is 1.31. The van der Waals surface area contributed by atoms with Crippen molar-refractivity contribution >= 4 is 11.9 Å². The Hall–Kier alpha value is -0.670. The molecule has 0 radical (unpaired) electrons. The van der Waals surface area contributed by atoms with E-state index in [4.69, 9.17) is 4.74 Å². The van der Waals surface area contributed by atoms with E-state index in [0.29, 0.717) is 6.10 Å². The average molecular weight is 251 g/mol. The molecule has 2 nitrogen and oxygen atoms in total. The van der Waals surface area contributed by atoms with E-state index in [2.05, 4.69) is 42.4 Å². The summed E-state index contributed by atoms with van der Waals surface area (Å²) >= 11 is 1.86. The molecule has 0 bridgehead atoms. The van der Waals surface area contributed by atoms with Crippen LogP contribution in [-0.4, -0.2) is 23.5 Å². The minimum atomic E-state index is 0.298. The number of hydrogen-bond acceptors (Lipinski definition) is 3. The first-order valence-electron chi connectivity index (χ1n) is 6.47. The molecule has 94 valence electrons. The fourth-order valence-corrected chi connectivity index (χ4v) is 2.82. The Bertz CT molecular complexity index is 333. The lowest BCUT2D eigenvalue weighted by atomic mass is 10.3. The lowest BCUT2D eigenvalue weighted by Gasteiger charge is -2.15. The SMILES string of the molecule is CCC(C)Oc1ccc(SN2CCCC2)cc1. The summed E-state index contributed by atoms with van der Waals surface area (Å²) in [6.07, 6.45) is 4.02. The fraction of sp³-hybridized carbons (Fsp3) is 0.571. The monoisotopic (exact) mass is 251 g/mol. The summed E-state index contributed by atoms with van der Waals surface area (Å²) < 4.78 is 8.20. The molecule has 0 aliphatic carbocycles. The molecule has 3 heteroatoms. The molecule has 1 saturated heterocycles. The second kappa shape index (κ2) is 6.31. The second-order valence-corrected chi connectivity index (χ2v) is 5.71. The van der Waals surface area contributed by atoms with Crippen LogP contribution < -0.4 is 4.74 Å². The molecule has 2 rings (SSSR count). The van der Waals surface area contributed by atoms with Crippen molar-refractivity contribution in [2.24, 2.45) is 0 Å². The minimum Gasteiger partial charge on any atom is -0.491 e. The Morgan fingerprint density at radius 3 is 2.47 bits per heavy atom. The maximum absolute atomic E-state index is 5.77. The van der Waals surface area contributed by atoms with Crippen molar-refractivity contribution in [2.75, 3.05) is 13.1 Å². The van der Waals surface area contributed by atoms with Crippen molar-refractivity contribution in [1.82, 2.24) is 4.31 Å². The zero-order valence-electron chi connectivity index (χ0n) is 10.7. The van der Waals surface area contributed by atoms with Gasteiger partial charge >= 0.3 is 0 Å². The van der Waals surface area contributed by atoms with Crippen LogP contribution in [0.15, 0.2) is 29.2 Å². The highest BCUT2D eigenvalue weighted by Crippen LogP contribution is 2.28. The molecular weight excluding hydrogens is 230 g/mol. The standard InChI is InChI=1S/C14H21NOS/c1-3-12(2)16-13-6-8-14(9-7-13)17-15-10-4-5-11-15/h6-9,12H,3-5,10-11H2,1-2H3. The molecule has 1 aromatic rings. The van der Waals surface area contributed by atoms with Crippen LogP contribution in [0.25, 0.3) is 0 Å². The molecular formula is C14H21NOS. The van der Waals surface area contributed by atoms with Gasteiger partial charge < -0.3 is 4.74 Å². The third kappa shape index (κ3) is 3.93. The van der Waals surface area contributed by atoms with Crippen LogP contribution in [0, 0.1) is 0 Å². The summed E-state index contributed by atoms with van der Waals surface area (Å²) in [5, 5.41) is 0. The third-order valence-corrected chi connectivity index (χ3v) is 4.14. The Morgan fingerprint density at radius 2 is 1.88 bits per heavy atom. The van der Waals surface area contributed by atoms with Gasteiger partial charge in [-0.15, -0.1) is 0 Å². The zero-order chi connectivity index (χ0) is 12.1. The van der Waals surface area contributed by atoms with Crippen LogP contribution in [0.4, 0.5) is 0 Å². The van der Waals surface area contributed by atoms with E-state index < -0.39 is 0 Å². The van der Waals surface area contributed by atoms with E-state index in [1.54, 1.807) is 0 Å². The van der Waals surface area contributed by atoms with Gasteiger partial charge in [0.1, 0.15) is 5.75 Å². The summed E-state index contributed by atoms with van der Waals surface area (Å²) in [5.41, 5.74) is 0. The van der Waals surface area contributed by atoms with E-state index in [1.165, 1.54) is 30.8 Å². The van der Waals surface area contributed by atoms with Crippen LogP contribution in [0.1, 0.15) is 33.1 Å². The highest BCUT2D eigenvalue weighted by molar-refractivity contribution is 7.97. The van der Waals surface area contributed by atoms with E-state index in [-0.39, 0.29) is 0 Å². The summed E-state index contributed by atoms with van der Waals surface area (Å²) in [5.74, 6) is 0.977. The largest absolute Gasteiger partial charge is 0.491 e. The first kappa shape index (κ1) is 12.8. The maximum Gasteiger partial charge on any atom is 0.119 e. The molecule has 0 saturated carbocycles. The lowest BCUT2D eigenvalue weighted by Crippen LogP contribution is -2.10. The van der Waals surface area contributed by atoms with E-state index >= 15 is 0 Å². The van der Waals surface area contributed by atoms with Crippen LogP contribution in [0.5, 0.6) is 5.75 Å². The van der Waals surface area contributed by atoms with Gasteiger partial charge in [-0.25, -0.2) is 4.31 Å². The lowest BCUT2D eigenvalue weighted by molar-refractivity contribution is 0.217. The first-order valence-corrected chi connectivity index (χ1v) is 7.25. The normalized spacial score (nSPS) is 18.2. The molecule has 1 fully saturated rings. The highest BCUT2D eigenvalue weighted by atomic mass is 32.2. The zero-order valence-corrected chi connectivity index (χ0v) is 11.5. The van der Waals surface area contributed by atoms with Crippen molar-refractivity contribution in [3.05, 3.63) is 24.3 Å². The predicted molar refractivity (Wildman–Crippen MR) is 73.5 cm³/mol. The van der Waals surface area contributed by atoms with Gasteiger partial charge in [0, 0.05) is 18.0 Å². The molecule has 0 aromatic heterocycles. The van der Waals surface area contributed by atoms with Crippen molar-refractivity contribution in [3.63, 3.8) is 0 Å². The number of hydrogen-bond donors (Lipinski definition) is 0. The molecule has 1 atom stereocenters. The Labute approximate surface area is 108 Å². The van der Waals surface area contributed by atoms with Crippen molar-refractivity contribution in [1.29, 1.82) is 0 Å². The van der Waals surface area contributed by atoms with Crippen molar-refractivity contribution in [3.8, 4) is 5.75 Å². The van der Waals surface area contributed by atoms with Gasteiger partial charge in [0.15, 0.2) is 0 Å². The maximum atomic E-state index is 5.77. The molecule has 1 aliphatic rings. The van der Waals surface area contributed by atoms with Crippen LogP contribution in [0.2, 0.25) is 0 Å². The Kier molecular flexibility index (Phi) is 4.75. The summed E-state index contributed by atoms with van der Waals surface area (Å²) in [6.45, 7) is 6.68. The smallest absolute Gasteiger partial charge is 0.119 e. The van der Waals surface area contributed by atoms with Crippen LogP contribution >= 0.6 is 11.9 Å². The van der Waals surface area contributed by atoms with Gasteiger partial charge in [-0.3, -0.25) is 0 Å². The quantitative estimate of drug-likeness (QED) is 0.735. The Balaban J connectivity index is 1.88. The molecule has 1 unspecified atom stereocenters. The highest BCUT2D eigenvalue weighted by Gasteiger charge is 2.12. The Morgan fingerprint density at radius 1 is 1.24 bits per heavy atom. The number of ether oxygens (including phenoxy) is 1. The minimum absolute atomic E-state index is 0.298. The van der Waals surface area contributed by atoms with Gasteiger partial charge in [0.05, 0.1) is 6.10 Å². The van der Waals surface area contributed by atoms with E-state index in [0.717, 1.165) is 12.2 Å². The summed E-state index contributed by atoms with van der Waals surface area (Å²) in [7, 11) is 0. The molecule has 0 spiro atoms. The number of nitrogens with zero attached hydrogens (tertiary/aromatic N) is 1. The molecule has 1 aromatic carbocycles. The summed E-state index contributed by atoms with van der Waals surface area (Å²) in [6, 6.07) is 8.45. The van der Waals surface area contributed by atoms with Gasteiger partial charge in [-0.2, -0.15) is 0 Å². The van der Waals surface area contributed by atoms with Crippen molar-refractivity contribution < 1.29 is 4.74 Å². The molecule has 1 heterocycles. The van der Waals surface area contributed by atoms with E-state index in [9.17, 15) is 0 Å². The van der Waals surface area contributed by atoms with Gasteiger partial charge in [0.2, 0.25) is 0 Å². The molecule has 17 heavy (non-hydrogen) atoms. The van der Waals surface area contributed by atoms with Gasteiger partial charge in [0.25, 0.3) is 0 Å². The molecule has 0 N–H and O–H groups in total. The van der Waals surface area contributed by atoms with Gasteiger partial charge in [-0.1, -0.05) is 6.92 Å².